The summed E-state index contributed by atoms with van der Waals surface area (Å²) in [4.78, 5) is 20.6. The van der Waals surface area contributed by atoms with E-state index in [1.807, 2.05) is 0 Å². The van der Waals surface area contributed by atoms with E-state index in [1.165, 1.54) is 6.92 Å². The molecule has 4 nitrogen and oxygen atoms in total. The molecular formula is C7H13NO3. The molecule has 0 saturated carbocycles. The first-order chi connectivity index (χ1) is 5.04. The Morgan fingerprint density at radius 2 is 2.09 bits per heavy atom. The minimum atomic E-state index is -0.847. The third-order valence-electron chi connectivity index (χ3n) is 1.43. The highest BCUT2D eigenvalue weighted by Crippen LogP contribution is 1.99. The van der Waals surface area contributed by atoms with Crippen LogP contribution in [0, 0.1) is 0 Å². The molecule has 0 heterocycles. The quantitative estimate of drug-likeness (QED) is 0.598. The molecule has 0 aromatic heterocycles. The molecule has 0 spiro atoms. The van der Waals surface area contributed by atoms with E-state index in [2.05, 4.69) is 0 Å². The fourth-order valence-corrected chi connectivity index (χ4v) is 0.676. The van der Waals surface area contributed by atoms with Crippen molar-refractivity contribution < 1.29 is 14.7 Å². The Hall–Kier alpha value is -0.900. The maximum atomic E-state index is 10.5. The number of carbonyl (C=O) groups is 2. The second kappa shape index (κ2) is 4.85. The van der Waals surface area contributed by atoms with E-state index in [0.29, 0.717) is 12.8 Å². The lowest BCUT2D eigenvalue weighted by Crippen LogP contribution is -2.28. The van der Waals surface area contributed by atoms with Crippen LogP contribution in [0.25, 0.3) is 0 Å². The van der Waals surface area contributed by atoms with Crippen LogP contribution in [0.4, 0.5) is 0 Å². The van der Waals surface area contributed by atoms with E-state index in [-0.39, 0.29) is 12.2 Å². The van der Waals surface area contributed by atoms with Crippen LogP contribution >= 0.6 is 0 Å². The molecule has 0 amide bonds. The summed E-state index contributed by atoms with van der Waals surface area (Å²) in [6.07, 6.45) is 1.01. The number of carbonyl (C=O) groups excluding carboxylic acids is 1. The Morgan fingerprint density at radius 3 is 2.45 bits per heavy atom. The minimum Gasteiger partial charge on any atom is -0.481 e. The van der Waals surface area contributed by atoms with Gasteiger partial charge in [-0.3, -0.25) is 9.59 Å². The molecule has 0 fully saturated rings. The molecule has 0 aromatic rings. The summed E-state index contributed by atoms with van der Waals surface area (Å²) in [5.74, 6) is -0.934. The van der Waals surface area contributed by atoms with E-state index >= 15 is 0 Å². The van der Waals surface area contributed by atoms with Gasteiger partial charge in [-0.15, -0.1) is 0 Å². The first-order valence-corrected chi connectivity index (χ1v) is 3.52. The lowest BCUT2D eigenvalue weighted by molar-refractivity contribution is -0.137. The SMILES string of the molecule is CC(=O)C(N)CCCC(=O)O. The Bertz CT molecular complexity index is 156. The van der Waals surface area contributed by atoms with Crippen LogP contribution < -0.4 is 5.73 Å². The lowest BCUT2D eigenvalue weighted by atomic mass is 10.1. The lowest BCUT2D eigenvalue weighted by Gasteiger charge is -2.04. The van der Waals surface area contributed by atoms with E-state index in [9.17, 15) is 9.59 Å². The maximum Gasteiger partial charge on any atom is 0.303 e. The predicted molar refractivity (Wildman–Crippen MR) is 40.1 cm³/mol. The van der Waals surface area contributed by atoms with Crippen molar-refractivity contribution >= 4 is 11.8 Å². The smallest absolute Gasteiger partial charge is 0.303 e. The largest absolute Gasteiger partial charge is 0.481 e. The zero-order valence-electron chi connectivity index (χ0n) is 6.54. The summed E-state index contributed by atoms with van der Waals surface area (Å²) in [5, 5.41) is 8.24. The van der Waals surface area contributed by atoms with Gasteiger partial charge in [0, 0.05) is 6.42 Å². The summed E-state index contributed by atoms with van der Waals surface area (Å²) >= 11 is 0. The molecular weight excluding hydrogens is 146 g/mol. The molecule has 0 radical (unpaired) electrons. The molecule has 11 heavy (non-hydrogen) atoms. The highest BCUT2D eigenvalue weighted by atomic mass is 16.4. The number of Topliss-reactive ketones (excluding diaryl/α,β-unsaturated/α-hetero) is 1. The number of carboxylic acid groups (broad SMARTS) is 1. The molecule has 0 aromatic carbocycles. The Morgan fingerprint density at radius 1 is 1.55 bits per heavy atom. The van der Waals surface area contributed by atoms with Crippen molar-refractivity contribution in [1.82, 2.24) is 0 Å². The van der Waals surface area contributed by atoms with Crippen LogP contribution in [0.2, 0.25) is 0 Å². The Kier molecular flexibility index (Phi) is 4.45. The van der Waals surface area contributed by atoms with Crippen LogP contribution in [0.3, 0.4) is 0 Å². The van der Waals surface area contributed by atoms with E-state index in [4.69, 9.17) is 10.8 Å². The van der Waals surface area contributed by atoms with Gasteiger partial charge in [0.2, 0.25) is 0 Å². The van der Waals surface area contributed by atoms with Gasteiger partial charge in [0.05, 0.1) is 6.04 Å². The van der Waals surface area contributed by atoms with Crippen molar-refractivity contribution in [3.8, 4) is 0 Å². The first kappa shape index (κ1) is 10.1. The Balaban J connectivity index is 3.39. The molecule has 3 N–H and O–H groups in total. The van der Waals surface area contributed by atoms with Gasteiger partial charge in [-0.2, -0.15) is 0 Å². The number of nitrogens with two attached hydrogens (primary N) is 1. The van der Waals surface area contributed by atoms with Gasteiger partial charge in [-0.05, 0) is 19.8 Å². The summed E-state index contributed by atoms with van der Waals surface area (Å²) in [6, 6.07) is -0.491. The molecule has 0 saturated heterocycles. The van der Waals surface area contributed by atoms with Crippen LogP contribution in [-0.2, 0) is 9.59 Å². The molecule has 0 rings (SSSR count). The number of ketones is 1. The summed E-state index contributed by atoms with van der Waals surface area (Å²) in [5.41, 5.74) is 5.36. The normalized spacial score (nSPS) is 12.5. The Labute approximate surface area is 65.4 Å². The van der Waals surface area contributed by atoms with Gasteiger partial charge >= 0.3 is 5.97 Å². The van der Waals surface area contributed by atoms with Crippen LogP contribution in [0.1, 0.15) is 26.2 Å². The van der Waals surface area contributed by atoms with Crippen LogP contribution in [-0.4, -0.2) is 22.9 Å². The van der Waals surface area contributed by atoms with Crippen molar-refractivity contribution in [1.29, 1.82) is 0 Å². The average Bonchev–Trinajstić information content (AvgIpc) is 1.86. The monoisotopic (exact) mass is 159 g/mol. The van der Waals surface area contributed by atoms with Gasteiger partial charge in [-0.1, -0.05) is 0 Å². The van der Waals surface area contributed by atoms with Gasteiger partial charge < -0.3 is 10.8 Å². The summed E-state index contributed by atoms with van der Waals surface area (Å²) in [7, 11) is 0. The van der Waals surface area contributed by atoms with Crippen molar-refractivity contribution in [2.75, 3.05) is 0 Å². The molecule has 0 aliphatic rings. The average molecular weight is 159 g/mol. The van der Waals surface area contributed by atoms with Crippen LogP contribution in [0.15, 0.2) is 0 Å². The standard InChI is InChI=1S/C7H13NO3/c1-5(9)6(8)3-2-4-7(10)11/h6H,2-4,8H2,1H3,(H,10,11). The van der Waals surface area contributed by atoms with E-state index < -0.39 is 12.0 Å². The van der Waals surface area contributed by atoms with Crippen LogP contribution in [0.5, 0.6) is 0 Å². The highest BCUT2D eigenvalue weighted by molar-refractivity contribution is 5.81. The summed E-state index contributed by atoms with van der Waals surface area (Å²) in [6.45, 7) is 1.41. The first-order valence-electron chi connectivity index (χ1n) is 3.52. The van der Waals surface area contributed by atoms with Gasteiger partial charge in [0.25, 0.3) is 0 Å². The van der Waals surface area contributed by atoms with Gasteiger partial charge in [0.1, 0.15) is 5.78 Å². The molecule has 0 aliphatic heterocycles. The second-order valence-corrected chi connectivity index (χ2v) is 2.50. The molecule has 64 valence electrons. The zero-order valence-corrected chi connectivity index (χ0v) is 6.54. The highest BCUT2D eigenvalue weighted by Gasteiger charge is 2.07. The summed E-state index contributed by atoms with van der Waals surface area (Å²) < 4.78 is 0. The van der Waals surface area contributed by atoms with Crippen molar-refractivity contribution in [2.45, 2.75) is 32.2 Å². The number of hydrogen-bond acceptors (Lipinski definition) is 3. The topological polar surface area (TPSA) is 80.4 Å². The number of aliphatic carboxylic acids is 1. The molecule has 1 unspecified atom stereocenters. The van der Waals surface area contributed by atoms with Gasteiger partial charge in [-0.25, -0.2) is 0 Å². The third-order valence-corrected chi connectivity index (χ3v) is 1.43. The number of hydrogen-bond donors (Lipinski definition) is 2. The zero-order chi connectivity index (χ0) is 8.85. The maximum absolute atomic E-state index is 10.5. The predicted octanol–water partition coefficient (Wildman–Crippen LogP) is 0.158. The fraction of sp³-hybridized carbons (Fsp3) is 0.714. The van der Waals surface area contributed by atoms with Crippen molar-refractivity contribution in [3.05, 3.63) is 0 Å². The molecule has 0 bridgehead atoms. The van der Waals surface area contributed by atoms with Crippen molar-refractivity contribution in [3.63, 3.8) is 0 Å². The minimum absolute atomic E-state index is 0.0843. The number of carboxylic acids is 1. The fourth-order valence-electron chi connectivity index (χ4n) is 0.676. The molecule has 0 aliphatic carbocycles. The van der Waals surface area contributed by atoms with E-state index in [1.54, 1.807) is 0 Å². The second-order valence-electron chi connectivity index (χ2n) is 2.50. The number of rotatable bonds is 5. The van der Waals surface area contributed by atoms with E-state index in [0.717, 1.165) is 0 Å². The van der Waals surface area contributed by atoms with Crippen molar-refractivity contribution in [2.24, 2.45) is 5.73 Å². The molecule has 1 atom stereocenters. The van der Waals surface area contributed by atoms with Gasteiger partial charge in [0.15, 0.2) is 0 Å². The molecule has 4 heteroatoms. The third kappa shape index (κ3) is 5.54.